The van der Waals surface area contributed by atoms with E-state index in [9.17, 15) is 13.2 Å². The quantitative estimate of drug-likeness (QED) is 0.343. The van der Waals surface area contributed by atoms with Crippen molar-refractivity contribution in [3.63, 3.8) is 0 Å². The second-order valence-electron chi connectivity index (χ2n) is 5.70. The number of nitrogens with zero attached hydrogens (tertiary/aromatic N) is 1. The van der Waals surface area contributed by atoms with Crippen LogP contribution in [0.3, 0.4) is 0 Å². The Hall–Kier alpha value is -0.860. The van der Waals surface area contributed by atoms with Gasteiger partial charge in [-0.1, -0.05) is 64.7 Å². The predicted octanol–water partition coefficient (Wildman–Crippen LogP) is 3.71. The number of rotatable bonds is 15. The van der Waals surface area contributed by atoms with Gasteiger partial charge in [0.1, 0.15) is 0 Å². The molecule has 2 N–H and O–H groups in total. The van der Waals surface area contributed by atoms with Gasteiger partial charge in [0.05, 0.1) is 6.61 Å². The highest BCUT2D eigenvalue weighted by atomic mass is 32.3. The summed E-state index contributed by atoms with van der Waals surface area (Å²) >= 11 is 0. The first-order valence-electron chi connectivity index (χ1n) is 8.46. The molecule has 0 aromatic heterocycles. The Morgan fingerprint density at radius 2 is 1.39 bits per heavy atom. The molecule has 0 aromatic carbocycles. The molecule has 8 heteroatoms. The van der Waals surface area contributed by atoms with Crippen molar-refractivity contribution in [3.8, 4) is 0 Å². The van der Waals surface area contributed by atoms with Crippen molar-refractivity contribution in [1.29, 1.82) is 0 Å². The van der Waals surface area contributed by atoms with Crippen LogP contribution in [0.1, 0.15) is 71.1 Å². The Morgan fingerprint density at radius 3 is 1.83 bits per heavy atom. The largest absolute Gasteiger partial charge is 0.465 e. The van der Waals surface area contributed by atoms with Crippen LogP contribution >= 0.6 is 0 Å². The minimum absolute atomic E-state index is 0.0768. The van der Waals surface area contributed by atoms with E-state index in [4.69, 9.17) is 9.66 Å². The maximum Gasteiger partial charge on any atom is 0.407 e. The van der Waals surface area contributed by atoms with E-state index in [0.717, 1.165) is 24.2 Å². The van der Waals surface area contributed by atoms with Crippen LogP contribution in [-0.2, 0) is 14.6 Å². The highest BCUT2D eigenvalue weighted by molar-refractivity contribution is 7.80. The minimum atomic E-state index is -4.51. The zero-order valence-corrected chi connectivity index (χ0v) is 14.9. The molecule has 1 amide bonds. The van der Waals surface area contributed by atoms with E-state index < -0.39 is 16.5 Å². The predicted molar refractivity (Wildman–Crippen MR) is 88.9 cm³/mol. The Labute approximate surface area is 140 Å². The topological polar surface area (TPSA) is 104 Å². The van der Waals surface area contributed by atoms with Crippen LogP contribution in [0.15, 0.2) is 0 Å². The van der Waals surface area contributed by atoms with Gasteiger partial charge in [0.2, 0.25) is 0 Å². The van der Waals surface area contributed by atoms with Gasteiger partial charge < -0.3 is 10.0 Å². The van der Waals surface area contributed by atoms with Crippen LogP contribution in [-0.4, -0.2) is 48.8 Å². The average Bonchev–Trinajstić information content (AvgIpc) is 2.45. The van der Waals surface area contributed by atoms with Crippen molar-refractivity contribution in [1.82, 2.24) is 4.90 Å². The summed E-state index contributed by atoms with van der Waals surface area (Å²) in [7, 11) is -4.51. The molecule has 0 saturated carbocycles. The molecule has 7 nitrogen and oxygen atoms in total. The first kappa shape index (κ1) is 22.1. The van der Waals surface area contributed by atoms with Crippen molar-refractivity contribution in [2.75, 3.05) is 19.7 Å². The highest BCUT2D eigenvalue weighted by Gasteiger charge is 2.13. The van der Waals surface area contributed by atoms with Gasteiger partial charge in [0.15, 0.2) is 0 Å². The lowest BCUT2D eigenvalue weighted by atomic mass is 10.1. The van der Waals surface area contributed by atoms with Crippen LogP contribution in [0.4, 0.5) is 4.79 Å². The third-order valence-electron chi connectivity index (χ3n) is 3.65. The second-order valence-corrected chi connectivity index (χ2v) is 6.79. The number of amides is 1. The van der Waals surface area contributed by atoms with Crippen LogP contribution in [0.5, 0.6) is 0 Å². The highest BCUT2D eigenvalue weighted by Crippen LogP contribution is 2.10. The molecule has 0 aromatic rings. The molecule has 0 aliphatic carbocycles. The van der Waals surface area contributed by atoms with Gasteiger partial charge in [-0.3, -0.25) is 4.55 Å². The maximum absolute atomic E-state index is 11.0. The van der Waals surface area contributed by atoms with Crippen molar-refractivity contribution in [3.05, 3.63) is 0 Å². The fraction of sp³-hybridized carbons (Fsp3) is 0.933. The number of carboxylic acid groups (broad SMARTS) is 1. The van der Waals surface area contributed by atoms with Crippen LogP contribution in [0, 0.1) is 0 Å². The van der Waals surface area contributed by atoms with Crippen molar-refractivity contribution in [2.45, 2.75) is 71.1 Å². The Kier molecular flexibility index (Phi) is 13.1. The number of carbonyl (C=O) groups is 1. The molecule has 0 aliphatic rings. The molecule has 0 rings (SSSR count). The summed E-state index contributed by atoms with van der Waals surface area (Å²) in [6.45, 7) is 2.10. The summed E-state index contributed by atoms with van der Waals surface area (Å²) in [6, 6.07) is 0. The smallest absolute Gasteiger partial charge is 0.407 e. The lowest BCUT2D eigenvalue weighted by Gasteiger charge is -2.18. The van der Waals surface area contributed by atoms with E-state index in [1.165, 1.54) is 44.9 Å². The van der Waals surface area contributed by atoms with Gasteiger partial charge in [-0.2, -0.15) is 8.42 Å². The SMILES string of the molecule is CCCCCCCCCCCCN(CCOS(=O)(=O)O)C(=O)O. The van der Waals surface area contributed by atoms with Crippen LogP contribution in [0.25, 0.3) is 0 Å². The summed E-state index contributed by atoms with van der Waals surface area (Å²) in [5.74, 6) is 0. The van der Waals surface area contributed by atoms with Gasteiger partial charge in [0, 0.05) is 13.1 Å². The Morgan fingerprint density at radius 1 is 0.913 bits per heavy atom. The van der Waals surface area contributed by atoms with Gasteiger partial charge in [-0.05, 0) is 6.42 Å². The summed E-state index contributed by atoms with van der Waals surface area (Å²) < 4.78 is 33.3. The van der Waals surface area contributed by atoms with E-state index in [0.29, 0.717) is 6.54 Å². The van der Waals surface area contributed by atoms with Crippen LogP contribution in [0.2, 0.25) is 0 Å². The first-order chi connectivity index (χ1) is 10.9. The Bertz CT molecular complexity index is 399. The summed E-state index contributed by atoms with van der Waals surface area (Å²) in [6.07, 6.45) is 10.5. The van der Waals surface area contributed by atoms with Crippen molar-refractivity contribution < 1.29 is 27.1 Å². The van der Waals surface area contributed by atoms with Crippen molar-refractivity contribution in [2.24, 2.45) is 0 Å². The van der Waals surface area contributed by atoms with Crippen molar-refractivity contribution >= 4 is 16.5 Å². The monoisotopic (exact) mass is 353 g/mol. The number of unbranched alkanes of at least 4 members (excludes halogenated alkanes) is 9. The standard InChI is InChI=1S/C15H31NO6S/c1-2-3-4-5-6-7-8-9-10-11-12-16(15(17)18)13-14-22-23(19,20)21/h2-14H2,1H3,(H,17,18)(H,19,20,21). The molecule has 138 valence electrons. The van der Waals surface area contributed by atoms with E-state index in [1.807, 2.05) is 0 Å². The van der Waals surface area contributed by atoms with E-state index in [-0.39, 0.29) is 13.2 Å². The molecule has 0 saturated heterocycles. The summed E-state index contributed by atoms with van der Waals surface area (Å²) in [5.41, 5.74) is 0. The molecule has 0 spiro atoms. The molecular weight excluding hydrogens is 322 g/mol. The first-order valence-corrected chi connectivity index (χ1v) is 9.83. The Balaban J connectivity index is 3.59. The summed E-state index contributed by atoms with van der Waals surface area (Å²) in [5, 5.41) is 9.00. The number of hydrogen-bond donors (Lipinski definition) is 2. The van der Waals surface area contributed by atoms with E-state index >= 15 is 0 Å². The third-order valence-corrected chi connectivity index (χ3v) is 4.11. The van der Waals surface area contributed by atoms with E-state index in [1.54, 1.807) is 0 Å². The minimum Gasteiger partial charge on any atom is -0.465 e. The zero-order valence-electron chi connectivity index (χ0n) is 14.1. The van der Waals surface area contributed by atoms with Gasteiger partial charge >= 0.3 is 16.5 Å². The maximum atomic E-state index is 11.0. The normalized spacial score (nSPS) is 11.6. The lowest BCUT2D eigenvalue weighted by molar-refractivity contribution is 0.132. The van der Waals surface area contributed by atoms with Gasteiger partial charge in [-0.25, -0.2) is 8.98 Å². The molecule has 0 heterocycles. The fourth-order valence-corrected chi connectivity index (χ4v) is 2.63. The molecule has 0 aliphatic heterocycles. The van der Waals surface area contributed by atoms with Gasteiger partial charge in [-0.15, -0.1) is 0 Å². The number of hydrogen-bond acceptors (Lipinski definition) is 4. The molecule has 0 unspecified atom stereocenters. The molecule has 0 bridgehead atoms. The van der Waals surface area contributed by atoms with E-state index in [2.05, 4.69) is 11.1 Å². The average molecular weight is 353 g/mol. The molecular formula is C15H31NO6S. The molecule has 0 radical (unpaired) electrons. The van der Waals surface area contributed by atoms with Crippen LogP contribution < -0.4 is 0 Å². The third kappa shape index (κ3) is 15.8. The second kappa shape index (κ2) is 13.6. The van der Waals surface area contributed by atoms with Gasteiger partial charge in [0.25, 0.3) is 0 Å². The molecule has 0 atom stereocenters. The molecule has 0 fully saturated rings. The lowest BCUT2D eigenvalue weighted by Crippen LogP contribution is -2.34. The zero-order chi connectivity index (χ0) is 17.6. The molecule has 23 heavy (non-hydrogen) atoms. The summed E-state index contributed by atoms with van der Waals surface area (Å²) in [4.78, 5) is 12.1. The fourth-order valence-electron chi connectivity index (χ4n) is 2.35.